The van der Waals surface area contributed by atoms with Crippen LogP contribution in [0, 0.1) is 5.92 Å². The number of nitrogens with zero attached hydrogens (tertiary/aromatic N) is 3. The van der Waals surface area contributed by atoms with Gasteiger partial charge in [0.25, 0.3) is 5.91 Å². The second kappa shape index (κ2) is 10.7. The second-order valence-corrected chi connectivity index (χ2v) is 9.49. The molecule has 4 heterocycles. The number of hydrogen-bond donors (Lipinski definition) is 3. The fourth-order valence-electron chi connectivity index (χ4n) is 4.81. The smallest absolute Gasteiger partial charge is 0.294 e. The lowest BCUT2D eigenvalue weighted by Crippen LogP contribution is -2.49. The van der Waals surface area contributed by atoms with Gasteiger partial charge >= 0.3 is 0 Å². The van der Waals surface area contributed by atoms with Gasteiger partial charge in [0.05, 0.1) is 11.6 Å². The van der Waals surface area contributed by atoms with E-state index in [1.54, 1.807) is 31.3 Å². The normalized spacial score (nSPS) is 20.1. The van der Waals surface area contributed by atoms with Crippen LogP contribution >= 0.6 is 11.6 Å². The maximum Gasteiger partial charge on any atom is 0.294 e. The summed E-state index contributed by atoms with van der Waals surface area (Å²) in [5, 5.41) is 8.97. The van der Waals surface area contributed by atoms with E-state index in [-0.39, 0.29) is 47.6 Å². The molecule has 194 valence electrons. The van der Waals surface area contributed by atoms with E-state index < -0.39 is 5.91 Å². The number of pyridine rings is 2. The average molecular weight is 527 g/mol. The molecule has 3 N–H and O–H groups in total. The fraction of sp³-hybridized carbons (Fsp3) is 0.400. The summed E-state index contributed by atoms with van der Waals surface area (Å²) < 4.78 is 11.1. The first kappa shape index (κ1) is 25.0. The van der Waals surface area contributed by atoms with Gasteiger partial charge in [-0.25, -0.2) is 9.97 Å². The number of amides is 3. The molecule has 0 unspecified atom stereocenters. The van der Waals surface area contributed by atoms with Crippen LogP contribution in [0.2, 0.25) is 5.02 Å². The molecule has 1 saturated heterocycles. The summed E-state index contributed by atoms with van der Waals surface area (Å²) in [4.78, 5) is 49.1. The van der Waals surface area contributed by atoms with Gasteiger partial charge in [-0.2, -0.15) is 0 Å². The summed E-state index contributed by atoms with van der Waals surface area (Å²) >= 11 is 5.88. The SMILES string of the molecule is CNc1ccc2oc(C(=O)Nc3ccc(Cl)cn3)c(NC(=O)[C@H]3CC[C@H](N4CCOCC4=O)CC3)c2n1. The highest BCUT2D eigenvalue weighted by Crippen LogP contribution is 2.34. The summed E-state index contributed by atoms with van der Waals surface area (Å²) in [5.41, 5.74) is 0.925. The number of nitrogens with one attached hydrogen (secondary N) is 3. The number of aromatic nitrogens is 2. The van der Waals surface area contributed by atoms with Crippen LogP contribution in [-0.2, 0) is 14.3 Å². The molecule has 0 aromatic carbocycles. The minimum atomic E-state index is -0.580. The summed E-state index contributed by atoms with van der Waals surface area (Å²) in [7, 11) is 1.73. The lowest BCUT2D eigenvalue weighted by Gasteiger charge is -2.38. The van der Waals surface area contributed by atoms with Gasteiger partial charge in [0, 0.05) is 31.7 Å². The Kier molecular flexibility index (Phi) is 7.24. The van der Waals surface area contributed by atoms with E-state index >= 15 is 0 Å². The van der Waals surface area contributed by atoms with Gasteiger partial charge in [-0.05, 0) is 49.9 Å². The number of furan rings is 1. The minimum Gasteiger partial charge on any atom is -0.447 e. The van der Waals surface area contributed by atoms with Gasteiger partial charge < -0.3 is 30.0 Å². The third-order valence-corrected chi connectivity index (χ3v) is 6.97. The molecule has 2 aliphatic rings. The summed E-state index contributed by atoms with van der Waals surface area (Å²) in [6.07, 6.45) is 4.13. The van der Waals surface area contributed by atoms with Gasteiger partial charge in [-0.3, -0.25) is 14.4 Å². The lowest BCUT2D eigenvalue weighted by molar-refractivity contribution is -0.146. The largest absolute Gasteiger partial charge is 0.447 e. The molecule has 2 fully saturated rings. The Morgan fingerprint density at radius 3 is 2.57 bits per heavy atom. The molecule has 5 rings (SSSR count). The molecule has 37 heavy (non-hydrogen) atoms. The molecule has 11 nitrogen and oxygen atoms in total. The zero-order chi connectivity index (χ0) is 25.9. The van der Waals surface area contributed by atoms with Crippen molar-refractivity contribution >= 4 is 57.7 Å². The molecule has 0 radical (unpaired) electrons. The zero-order valence-electron chi connectivity index (χ0n) is 20.3. The number of hydrogen-bond acceptors (Lipinski definition) is 8. The van der Waals surface area contributed by atoms with Crippen LogP contribution in [0.4, 0.5) is 17.3 Å². The fourth-order valence-corrected chi connectivity index (χ4v) is 4.92. The van der Waals surface area contributed by atoms with Crippen LogP contribution in [0.3, 0.4) is 0 Å². The summed E-state index contributed by atoms with van der Waals surface area (Å²) in [6.45, 7) is 1.24. The van der Waals surface area contributed by atoms with Crippen molar-refractivity contribution in [3.63, 3.8) is 0 Å². The molecular weight excluding hydrogens is 500 g/mol. The van der Waals surface area contributed by atoms with E-state index in [0.29, 0.717) is 47.9 Å². The molecule has 1 aliphatic carbocycles. The lowest BCUT2D eigenvalue weighted by atomic mass is 9.84. The van der Waals surface area contributed by atoms with E-state index in [9.17, 15) is 14.4 Å². The predicted octanol–water partition coefficient (Wildman–Crippen LogP) is 3.53. The second-order valence-electron chi connectivity index (χ2n) is 9.05. The first-order chi connectivity index (χ1) is 17.9. The highest BCUT2D eigenvalue weighted by atomic mass is 35.5. The Morgan fingerprint density at radius 1 is 1.08 bits per heavy atom. The van der Waals surface area contributed by atoms with Crippen molar-refractivity contribution in [3.8, 4) is 0 Å². The number of rotatable bonds is 6. The molecule has 1 saturated carbocycles. The minimum absolute atomic E-state index is 0.00117. The van der Waals surface area contributed by atoms with Crippen molar-refractivity contribution in [2.24, 2.45) is 5.92 Å². The van der Waals surface area contributed by atoms with Crippen LogP contribution in [0.1, 0.15) is 36.2 Å². The molecule has 0 spiro atoms. The summed E-state index contributed by atoms with van der Waals surface area (Å²) in [5.74, 6) is -0.292. The number of anilines is 3. The zero-order valence-corrected chi connectivity index (χ0v) is 21.0. The third-order valence-electron chi connectivity index (χ3n) is 6.74. The van der Waals surface area contributed by atoms with E-state index in [2.05, 4.69) is 25.9 Å². The van der Waals surface area contributed by atoms with E-state index in [1.165, 1.54) is 6.20 Å². The highest BCUT2D eigenvalue weighted by Gasteiger charge is 2.34. The molecule has 0 bridgehead atoms. The molecule has 3 amide bonds. The van der Waals surface area contributed by atoms with E-state index in [1.807, 2.05) is 4.90 Å². The average Bonchev–Trinajstić information content (AvgIpc) is 3.28. The standard InChI is InChI=1S/C25H27ClN6O5/c1-27-18-9-7-17-21(29-18)22(23(37-17)25(35)30-19-8-4-15(26)12-28-19)31-24(34)14-2-5-16(6-3-14)32-10-11-36-13-20(32)33/h4,7-9,12,14,16H,2-3,5-6,10-11,13H2,1H3,(H,27,29)(H,31,34)(H,28,30,35)/t14-,16-. The number of halogens is 1. The van der Waals surface area contributed by atoms with Crippen LogP contribution < -0.4 is 16.0 Å². The molecule has 0 atom stereocenters. The van der Waals surface area contributed by atoms with Crippen LogP contribution in [0.25, 0.3) is 11.1 Å². The Hall–Kier alpha value is -3.70. The number of carbonyl (C=O) groups excluding carboxylic acids is 3. The Balaban J connectivity index is 1.34. The van der Waals surface area contributed by atoms with Crippen molar-refractivity contribution in [1.82, 2.24) is 14.9 Å². The van der Waals surface area contributed by atoms with Crippen LogP contribution in [-0.4, -0.2) is 65.4 Å². The summed E-state index contributed by atoms with van der Waals surface area (Å²) in [6, 6.07) is 6.69. The molecule has 1 aliphatic heterocycles. The first-order valence-corrected chi connectivity index (χ1v) is 12.5. The Bertz CT molecular complexity index is 1320. The van der Waals surface area contributed by atoms with Crippen molar-refractivity contribution in [2.45, 2.75) is 31.7 Å². The predicted molar refractivity (Wildman–Crippen MR) is 138 cm³/mol. The number of morpholine rings is 1. The van der Waals surface area contributed by atoms with Gasteiger partial charge in [-0.1, -0.05) is 11.6 Å². The van der Waals surface area contributed by atoms with E-state index in [4.69, 9.17) is 20.8 Å². The number of fused-ring (bicyclic) bond motifs is 1. The quantitative estimate of drug-likeness (QED) is 0.443. The van der Waals surface area contributed by atoms with E-state index in [0.717, 1.165) is 12.8 Å². The number of ether oxygens (including phenoxy) is 1. The van der Waals surface area contributed by atoms with Gasteiger partial charge in [-0.15, -0.1) is 0 Å². The van der Waals surface area contributed by atoms with Crippen molar-refractivity contribution < 1.29 is 23.5 Å². The maximum atomic E-state index is 13.3. The molecule has 3 aromatic heterocycles. The van der Waals surface area contributed by atoms with Crippen LogP contribution in [0.15, 0.2) is 34.9 Å². The van der Waals surface area contributed by atoms with Crippen molar-refractivity contribution in [2.75, 3.05) is 42.8 Å². The van der Waals surface area contributed by atoms with Gasteiger partial charge in [0.15, 0.2) is 5.58 Å². The first-order valence-electron chi connectivity index (χ1n) is 12.1. The molecule has 3 aromatic rings. The Labute approximate surface area is 217 Å². The third kappa shape index (κ3) is 5.37. The molecular formula is C25H27ClN6O5. The van der Waals surface area contributed by atoms with Gasteiger partial charge in [0.2, 0.25) is 17.6 Å². The monoisotopic (exact) mass is 526 g/mol. The topological polar surface area (TPSA) is 139 Å². The van der Waals surface area contributed by atoms with Gasteiger partial charge in [0.1, 0.15) is 29.4 Å². The van der Waals surface area contributed by atoms with Crippen molar-refractivity contribution in [1.29, 1.82) is 0 Å². The van der Waals surface area contributed by atoms with Crippen LogP contribution in [0.5, 0.6) is 0 Å². The molecule has 12 heteroatoms. The number of carbonyl (C=O) groups is 3. The highest BCUT2D eigenvalue weighted by molar-refractivity contribution is 6.30. The Morgan fingerprint density at radius 2 is 1.86 bits per heavy atom. The van der Waals surface area contributed by atoms with Crippen molar-refractivity contribution in [3.05, 3.63) is 41.2 Å². The maximum absolute atomic E-state index is 13.3.